The molecule has 2 unspecified atom stereocenters. The van der Waals surface area contributed by atoms with Crippen LogP contribution in [0, 0.1) is 0 Å². The third-order valence-corrected chi connectivity index (χ3v) is 3.60. The predicted octanol–water partition coefficient (Wildman–Crippen LogP) is 2.29. The molecule has 0 aliphatic carbocycles. The van der Waals surface area contributed by atoms with Crippen molar-refractivity contribution in [2.24, 2.45) is 5.73 Å². The number of H-pyrrole nitrogens is 1. The van der Waals surface area contributed by atoms with E-state index in [0.29, 0.717) is 18.8 Å². The van der Waals surface area contributed by atoms with E-state index in [1.165, 1.54) is 0 Å². The number of hydrogen-bond acceptors (Lipinski definition) is 3. The van der Waals surface area contributed by atoms with Crippen molar-refractivity contribution < 1.29 is 18.0 Å². The largest absolute Gasteiger partial charge is 0.435 e. The summed E-state index contributed by atoms with van der Waals surface area (Å²) in [7, 11) is 0. The van der Waals surface area contributed by atoms with Crippen molar-refractivity contribution in [3.63, 3.8) is 0 Å². The lowest BCUT2D eigenvalue weighted by Crippen LogP contribution is -2.41. The highest BCUT2D eigenvalue weighted by Crippen LogP contribution is 2.32. The van der Waals surface area contributed by atoms with Crippen LogP contribution in [0.3, 0.4) is 0 Å². The van der Waals surface area contributed by atoms with Crippen molar-refractivity contribution >= 4 is 18.3 Å². The van der Waals surface area contributed by atoms with E-state index in [1.807, 2.05) is 0 Å². The minimum Gasteiger partial charge on any atom is -0.342 e. The fourth-order valence-corrected chi connectivity index (χ4v) is 2.55. The number of hydrogen-bond donors (Lipinski definition) is 2. The second-order valence-corrected chi connectivity index (χ2v) is 5.57. The zero-order valence-corrected chi connectivity index (χ0v) is 13.0. The fourth-order valence-electron chi connectivity index (χ4n) is 2.55. The van der Waals surface area contributed by atoms with Crippen molar-refractivity contribution in [3.05, 3.63) is 17.5 Å². The number of piperidine rings is 1. The normalized spacial score (nSPS) is 20.4. The lowest BCUT2D eigenvalue weighted by molar-refractivity contribution is -0.141. The number of alkyl halides is 3. The van der Waals surface area contributed by atoms with Gasteiger partial charge in [0.2, 0.25) is 5.91 Å². The number of amides is 1. The van der Waals surface area contributed by atoms with Gasteiger partial charge in [-0.2, -0.15) is 18.3 Å². The van der Waals surface area contributed by atoms with Gasteiger partial charge in [0.05, 0.1) is 0 Å². The van der Waals surface area contributed by atoms with Crippen LogP contribution in [-0.4, -0.2) is 40.1 Å². The van der Waals surface area contributed by atoms with Crippen LogP contribution in [0.1, 0.15) is 43.5 Å². The Labute approximate surface area is 132 Å². The number of nitrogens with one attached hydrogen (secondary N) is 1. The number of aromatic amines is 1. The van der Waals surface area contributed by atoms with Crippen LogP contribution in [0.2, 0.25) is 0 Å². The first-order chi connectivity index (χ1) is 9.77. The van der Waals surface area contributed by atoms with Gasteiger partial charge < -0.3 is 10.6 Å². The third-order valence-electron chi connectivity index (χ3n) is 3.60. The summed E-state index contributed by atoms with van der Waals surface area (Å²) >= 11 is 0. The topological polar surface area (TPSA) is 75.0 Å². The average molecular weight is 341 g/mol. The number of rotatable bonds is 3. The molecule has 0 spiro atoms. The smallest absolute Gasteiger partial charge is 0.342 e. The first kappa shape index (κ1) is 18.8. The predicted molar refractivity (Wildman–Crippen MR) is 77.7 cm³/mol. The summed E-state index contributed by atoms with van der Waals surface area (Å²) in [5, 5.41) is 5.76. The summed E-state index contributed by atoms with van der Waals surface area (Å²) in [5.41, 5.74) is 5.12. The molecule has 0 bridgehead atoms. The van der Waals surface area contributed by atoms with Crippen molar-refractivity contribution in [2.45, 2.75) is 44.3 Å². The van der Waals surface area contributed by atoms with Crippen LogP contribution in [0.15, 0.2) is 6.07 Å². The minimum atomic E-state index is -4.45. The molecule has 1 amide bonds. The van der Waals surface area contributed by atoms with Gasteiger partial charge in [-0.05, 0) is 25.8 Å². The fraction of sp³-hybridized carbons (Fsp3) is 0.692. The Balaban J connectivity index is 0.00000242. The van der Waals surface area contributed by atoms with Gasteiger partial charge in [0.25, 0.3) is 0 Å². The molecule has 2 rings (SSSR count). The molecule has 2 heterocycles. The van der Waals surface area contributed by atoms with Crippen LogP contribution in [-0.2, 0) is 11.0 Å². The summed E-state index contributed by atoms with van der Waals surface area (Å²) < 4.78 is 37.7. The molecule has 126 valence electrons. The third kappa shape index (κ3) is 4.61. The molecule has 5 nitrogen and oxygen atoms in total. The molecule has 1 saturated heterocycles. The Morgan fingerprint density at radius 3 is 2.82 bits per heavy atom. The molecule has 1 aliphatic rings. The summed E-state index contributed by atoms with van der Waals surface area (Å²) in [6.07, 6.45) is -2.70. The maximum absolute atomic E-state index is 12.6. The van der Waals surface area contributed by atoms with E-state index in [1.54, 1.807) is 11.8 Å². The van der Waals surface area contributed by atoms with Crippen molar-refractivity contribution in [1.82, 2.24) is 15.1 Å². The first-order valence-corrected chi connectivity index (χ1v) is 6.93. The molecule has 2 atom stereocenters. The van der Waals surface area contributed by atoms with Crippen LogP contribution in [0.4, 0.5) is 13.2 Å². The quantitative estimate of drug-likeness (QED) is 0.886. The molecule has 3 N–H and O–H groups in total. The van der Waals surface area contributed by atoms with Gasteiger partial charge in [-0.1, -0.05) is 0 Å². The van der Waals surface area contributed by atoms with Gasteiger partial charge in [0.15, 0.2) is 5.69 Å². The highest BCUT2D eigenvalue weighted by atomic mass is 35.5. The van der Waals surface area contributed by atoms with Gasteiger partial charge in [0, 0.05) is 37.2 Å². The molecule has 0 aromatic carbocycles. The maximum Gasteiger partial charge on any atom is 0.435 e. The number of halogens is 4. The van der Waals surface area contributed by atoms with Crippen molar-refractivity contribution in [1.29, 1.82) is 0 Å². The molecule has 22 heavy (non-hydrogen) atoms. The first-order valence-electron chi connectivity index (χ1n) is 6.93. The van der Waals surface area contributed by atoms with Gasteiger partial charge in [-0.25, -0.2) is 0 Å². The van der Waals surface area contributed by atoms with Gasteiger partial charge in [-0.3, -0.25) is 9.89 Å². The maximum atomic E-state index is 12.6. The summed E-state index contributed by atoms with van der Waals surface area (Å²) in [4.78, 5) is 13.7. The van der Waals surface area contributed by atoms with Crippen LogP contribution < -0.4 is 5.73 Å². The van der Waals surface area contributed by atoms with Gasteiger partial charge in [-0.15, -0.1) is 12.4 Å². The Morgan fingerprint density at radius 1 is 1.59 bits per heavy atom. The highest BCUT2D eigenvalue weighted by Gasteiger charge is 2.35. The van der Waals surface area contributed by atoms with E-state index >= 15 is 0 Å². The Bertz CT molecular complexity index is 504. The molecule has 0 radical (unpaired) electrons. The summed E-state index contributed by atoms with van der Waals surface area (Å²) in [5.74, 6) is -0.190. The molecular formula is C13H20ClF3N4O. The molecule has 0 saturated carbocycles. The lowest BCUT2D eigenvalue weighted by Gasteiger charge is -2.32. The second kappa shape index (κ2) is 7.32. The van der Waals surface area contributed by atoms with E-state index in [-0.39, 0.29) is 36.7 Å². The number of carbonyl (C=O) groups excluding carboxylic acids is 1. The number of carbonyl (C=O) groups is 1. The number of nitrogens with zero attached hydrogens (tertiary/aromatic N) is 2. The van der Waals surface area contributed by atoms with Crippen molar-refractivity contribution in [2.75, 3.05) is 13.1 Å². The van der Waals surface area contributed by atoms with E-state index in [0.717, 1.165) is 18.9 Å². The molecule has 1 aromatic heterocycles. The minimum absolute atomic E-state index is 0. The number of likely N-dealkylation sites (tertiary alicyclic amines) is 1. The summed E-state index contributed by atoms with van der Waals surface area (Å²) in [6, 6.07) is 0.811. The number of aromatic nitrogens is 2. The number of nitrogens with two attached hydrogens (primary N) is 1. The average Bonchev–Trinajstić information content (AvgIpc) is 2.87. The van der Waals surface area contributed by atoms with Gasteiger partial charge >= 0.3 is 6.18 Å². The van der Waals surface area contributed by atoms with Gasteiger partial charge in [0.1, 0.15) is 0 Å². The molecule has 1 aliphatic heterocycles. The van der Waals surface area contributed by atoms with E-state index in [4.69, 9.17) is 5.73 Å². The monoisotopic (exact) mass is 340 g/mol. The van der Waals surface area contributed by atoms with Crippen LogP contribution in [0.5, 0.6) is 0 Å². The lowest BCUT2D eigenvalue weighted by atomic mass is 9.94. The zero-order chi connectivity index (χ0) is 15.6. The Morgan fingerprint density at radius 2 is 2.27 bits per heavy atom. The standard InChI is InChI=1S/C13H19F3N4O.ClH/c1-8(17)5-12(21)20-4-2-3-9(7-20)10-6-11(19-18-10)13(14,15)16;/h6,8-9H,2-5,7,17H2,1H3,(H,18,19);1H. The Hall–Kier alpha value is -1.28. The van der Waals surface area contributed by atoms with Crippen molar-refractivity contribution in [3.8, 4) is 0 Å². The van der Waals surface area contributed by atoms with E-state index in [9.17, 15) is 18.0 Å². The SMILES string of the molecule is CC(N)CC(=O)N1CCCC(c2cc(C(F)(F)F)n[nH]2)C1.Cl. The van der Waals surface area contributed by atoms with Crippen LogP contribution in [0.25, 0.3) is 0 Å². The molecule has 1 aromatic rings. The zero-order valence-electron chi connectivity index (χ0n) is 12.2. The highest BCUT2D eigenvalue weighted by molar-refractivity contribution is 5.85. The Kier molecular flexibility index (Phi) is 6.25. The second-order valence-electron chi connectivity index (χ2n) is 5.57. The summed E-state index contributed by atoms with van der Waals surface area (Å²) in [6.45, 7) is 2.79. The van der Waals surface area contributed by atoms with E-state index in [2.05, 4.69) is 10.2 Å². The molecule has 1 fully saturated rings. The molecule has 9 heteroatoms. The molecular weight excluding hydrogens is 321 g/mol. The van der Waals surface area contributed by atoms with E-state index < -0.39 is 11.9 Å². The van der Waals surface area contributed by atoms with Crippen LogP contribution >= 0.6 is 12.4 Å².